The summed E-state index contributed by atoms with van der Waals surface area (Å²) in [7, 11) is -3.10. The Labute approximate surface area is 173 Å². The van der Waals surface area contributed by atoms with Crippen molar-refractivity contribution in [3.8, 4) is 0 Å². The molecule has 0 saturated carbocycles. The van der Waals surface area contributed by atoms with E-state index in [0.29, 0.717) is 31.7 Å². The number of aryl methyl sites for hydroxylation is 2. The van der Waals surface area contributed by atoms with Crippen molar-refractivity contribution < 1.29 is 13.2 Å². The van der Waals surface area contributed by atoms with E-state index in [0.717, 1.165) is 28.9 Å². The zero-order valence-corrected chi connectivity index (χ0v) is 18.1. The van der Waals surface area contributed by atoms with E-state index in [4.69, 9.17) is 0 Å². The number of amides is 1. The van der Waals surface area contributed by atoms with E-state index >= 15 is 0 Å². The van der Waals surface area contributed by atoms with Crippen molar-refractivity contribution >= 4 is 21.6 Å². The maximum atomic E-state index is 12.5. The first kappa shape index (κ1) is 21.5. The van der Waals surface area contributed by atoms with Gasteiger partial charge in [-0.2, -0.15) is 4.31 Å². The van der Waals surface area contributed by atoms with Crippen molar-refractivity contribution in [3.63, 3.8) is 0 Å². The smallest absolute Gasteiger partial charge is 0.255 e. The summed E-state index contributed by atoms with van der Waals surface area (Å²) in [5.74, 6) is 0.0282. The van der Waals surface area contributed by atoms with Crippen LogP contribution in [0.5, 0.6) is 0 Å². The Bertz CT molecular complexity index is 963. The van der Waals surface area contributed by atoms with E-state index in [1.807, 2.05) is 56.3 Å². The first-order valence-electron chi connectivity index (χ1n) is 9.96. The average Bonchev–Trinajstić information content (AvgIpc) is 2.71. The van der Waals surface area contributed by atoms with Gasteiger partial charge in [-0.25, -0.2) is 8.42 Å². The van der Waals surface area contributed by atoms with Gasteiger partial charge < -0.3 is 5.32 Å². The van der Waals surface area contributed by atoms with Gasteiger partial charge in [0.05, 0.1) is 5.75 Å². The summed E-state index contributed by atoms with van der Waals surface area (Å²) in [6, 6.07) is 13.6. The largest absolute Gasteiger partial charge is 0.322 e. The van der Waals surface area contributed by atoms with Crippen LogP contribution in [-0.2, 0) is 16.6 Å². The third-order valence-corrected chi connectivity index (χ3v) is 7.22. The minimum Gasteiger partial charge on any atom is -0.322 e. The standard InChI is InChI=1S/C22H29N3O3S/c1-4-29(27,28)25-13-11-24(12-14-25)16-19-6-8-20(9-7-19)22(26)23-21-10-5-17(2)15-18(21)3/h5-10,15H,4,11-14,16H2,1-3H3,(H,23,26). The highest BCUT2D eigenvalue weighted by atomic mass is 32.2. The number of nitrogens with one attached hydrogen (secondary N) is 1. The molecule has 2 aromatic rings. The van der Waals surface area contributed by atoms with Gasteiger partial charge in [0.25, 0.3) is 5.91 Å². The molecule has 1 heterocycles. The van der Waals surface area contributed by atoms with Gasteiger partial charge in [-0.15, -0.1) is 0 Å². The summed E-state index contributed by atoms with van der Waals surface area (Å²) in [5, 5.41) is 2.97. The van der Waals surface area contributed by atoms with E-state index in [9.17, 15) is 13.2 Å². The molecule has 29 heavy (non-hydrogen) atoms. The molecule has 0 aromatic heterocycles. The topological polar surface area (TPSA) is 69.7 Å². The molecule has 3 rings (SSSR count). The van der Waals surface area contributed by atoms with Crippen molar-refractivity contribution in [1.82, 2.24) is 9.21 Å². The third kappa shape index (κ3) is 5.44. The van der Waals surface area contributed by atoms with E-state index in [1.54, 1.807) is 11.2 Å². The summed E-state index contributed by atoms with van der Waals surface area (Å²) in [4.78, 5) is 14.8. The Morgan fingerprint density at radius 1 is 1.00 bits per heavy atom. The van der Waals surface area contributed by atoms with E-state index in [2.05, 4.69) is 10.2 Å². The number of piperazine rings is 1. The summed E-state index contributed by atoms with van der Waals surface area (Å²) in [6.45, 7) is 8.94. The van der Waals surface area contributed by atoms with Crippen LogP contribution in [0.1, 0.15) is 34.0 Å². The molecular formula is C22H29N3O3S. The van der Waals surface area contributed by atoms with Crippen molar-refractivity contribution in [2.75, 3.05) is 37.2 Å². The van der Waals surface area contributed by atoms with Gasteiger partial charge in [-0.05, 0) is 50.1 Å². The molecule has 1 fully saturated rings. The monoisotopic (exact) mass is 415 g/mol. The van der Waals surface area contributed by atoms with Crippen LogP contribution in [-0.4, -0.2) is 55.5 Å². The number of sulfonamides is 1. The highest BCUT2D eigenvalue weighted by Gasteiger charge is 2.25. The van der Waals surface area contributed by atoms with E-state index < -0.39 is 10.0 Å². The Balaban J connectivity index is 1.56. The van der Waals surface area contributed by atoms with Gasteiger partial charge in [0, 0.05) is 44.0 Å². The van der Waals surface area contributed by atoms with E-state index in [1.165, 1.54) is 0 Å². The number of carbonyl (C=O) groups excluding carboxylic acids is 1. The summed E-state index contributed by atoms with van der Waals surface area (Å²) < 4.78 is 25.5. The molecule has 1 saturated heterocycles. The number of carbonyl (C=O) groups is 1. The van der Waals surface area contributed by atoms with Crippen LogP contribution in [0.25, 0.3) is 0 Å². The first-order valence-corrected chi connectivity index (χ1v) is 11.6. The summed E-state index contributed by atoms with van der Waals surface area (Å²) in [5.41, 5.74) is 4.76. The average molecular weight is 416 g/mol. The van der Waals surface area contributed by atoms with Gasteiger partial charge >= 0.3 is 0 Å². The quantitative estimate of drug-likeness (QED) is 0.787. The molecule has 1 aliphatic heterocycles. The van der Waals surface area contributed by atoms with Gasteiger partial charge in [0.15, 0.2) is 0 Å². The van der Waals surface area contributed by atoms with Gasteiger partial charge in [-0.1, -0.05) is 29.8 Å². The van der Waals surface area contributed by atoms with Crippen LogP contribution in [0, 0.1) is 13.8 Å². The zero-order valence-electron chi connectivity index (χ0n) is 17.3. The second kappa shape index (κ2) is 9.07. The molecule has 0 radical (unpaired) electrons. The van der Waals surface area contributed by atoms with E-state index in [-0.39, 0.29) is 11.7 Å². The highest BCUT2D eigenvalue weighted by Crippen LogP contribution is 2.18. The van der Waals surface area contributed by atoms with Crippen molar-refractivity contribution in [1.29, 1.82) is 0 Å². The minimum absolute atomic E-state index is 0.123. The molecule has 1 amide bonds. The number of nitrogens with zero attached hydrogens (tertiary/aromatic N) is 2. The van der Waals surface area contributed by atoms with Crippen LogP contribution in [0.2, 0.25) is 0 Å². The number of benzene rings is 2. The predicted octanol–water partition coefficient (Wildman–Crippen LogP) is 3.02. The van der Waals surface area contributed by atoms with Crippen molar-refractivity contribution in [2.24, 2.45) is 0 Å². The number of hydrogen-bond acceptors (Lipinski definition) is 4. The molecule has 7 heteroatoms. The molecule has 1 N–H and O–H groups in total. The molecule has 0 unspecified atom stereocenters. The molecular weight excluding hydrogens is 386 g/mol. The molecule has 1 aliphatic rings. The van der Waals surface area contributed by atoms with Gasteiger partial charge in [-0.3, -0.25) is 9.69 Å². The van der Waals surface area contributed by atoms with Crippen LogP contribution in [0.15, 0.2) is 42.5 Å². The SMILES string of the molecule is CCS(=O)(=O)N1CCN(Cc2ccc(C(=O)Nc3ccc(C)cc3C)cc2)CC1. The fourth-order valence-corrected chi connectivity index (χ4v) is 4.60. The first-order chi connectivity index (χ1) is 13.8. The fraction of sp³-hybridized carbons (Fsp3) is 0.409. The molecule has 0 bridgehead atoms. The highest BCUT2D eigenvalue weighted by molar-refractivity contribution is 7.89. The normalized spacial score (nSPS) is 16.0. The van der Waals surface area contributed by atoms with Crippen molar-refractivity contribution in [2.45, 2.75) is 27.3 Å². The predicted molar refractivity (Wildman–Crippen MR) is 117 cm³/mol. The third-order valence-electron chi connectivity index (χ3n) is 5.34. The lowest BCUT2D eigenvalue weighted by Gasteiger charge is -2.33. The number of rotatable bonds is 6. The Morgan fingerprint density at radius 2 is 1.66 bits per heavy atom. The molecule has 0 aliphatic carbocycles. The molecule has 0 spiro atoms. The lowest BCUT2D eigenvalue weighted by atomic mass is 10.1. The van der Waals surface area contributed by atoms with Crippen LogP contribution in [0.4, 0.5) is 5.69 Å². The number of anilines is 1. The Hall–Kier alpha value is -2.22. The maximum absolute atomic E-state index is 12.5. The molecule has 0 atom stereocenters. The molecule has 6 nitrogen and oxygen atoms in total. The Morgan fingerprint density at radius 3 is 2.24 bits per heavy atom. The number of hydrogen-bond donors (Lipinski definition) is 1. The van der Waals surface area contributed by atoms with Crippen LogP contribution >= 0.6 is 0 Å². The summed E-state index contributed by atoms with van der Waals surface area (Å²) >= 11 is 0. The minimum atomic E-state index is -3.10. The zero-order chi connectivity index (χ0) is 21.0. The van der Waals surface area contributed by atoms with Crippen LogP contribution < -0.4 is 5.32 Å². The maximum Gasteiger partial charge on any atom is 0.255 e. The lowest BCUT2D eigenvalue weighted by molar-refractivity contribution is 0.102. The Kier molecular flexibility index (Phi) is 6.72. The molecule has 2 aromatic carbocycles. The van der Waals surface area contributed by atoms with Crippen LogP contribution in [0.3, 0.4) is 0 Å². The van der Waals surface area contributed by atoms with Gasteiger partial charge in [0.1, 0.15) is 0 Å². The second-order valence-electron chi connectivity index (χ2n) is 7.55. The fourth-order valence-electron chi connectivity index (χ4n) is 3.52. The van der Waals surface area contributed by atoms with Crippen molar-refractivity contribution in [3.05, 3.63) is 64.7 Å². The summed E-state index contributed by atoms with van der Waals surface area (Å²) in [6.07, 6.45) is 0. The second-order valence-corrected chi connectivity index (χ2v) is 9.80. The molecule has 156 valence electrons. The lowest BCUT2D eigenvalue weighted by Crippen LogP contribution is -2.48. The van der Waals surface area contributed by atoms with Gasteiger partial charge in [0.2, 0.25) is 10.0 Å².